The van der Waals surface area contributed by atoms with Crippen LogP contribution in [0.5, 0.6) is 0 Å². The van der Waals surface area contributed by atoms with Crippen molar-refractivity contribution in [2.75, 3.05) is 0 Å². The van der Waals surface area contributed by atoms with Gasteiger partial charge in [-0.05, 0) is 33.3 Å². The van der Waals surface area contributed by atoms with Crippen molar-refractivity contribution in [3.05, 3.63) is 59.6 Å². The summed E-state index contributed by atoms with van der Waals surface area (Å²) in [5, 5.41) is 3.95. The van der Waals surface area contributed by atoms with Crippen LogP contribution < -0.4 is 0 Å². The van der Waals surface area contributed by atoms with Crippen LogP contribution in [-0.2, 0) is 15.9 Å². The summed E-state index contributed by atoms with van der Waals surface area (Å²) in [5.41, 5.74) is -4.38. The van der Waals surface area contributed by atoms with Crippen LogP contribution in [0.3, 0.4) is 0 Å². The average Bonchev–Trinajstić information content (AvgIpc) is 3.09. The Labute approximate surface area is 161 Å². The van der Waals surface area contributed by atoms with Gasteiger partial charge in [-0.25, -0.2) is 4.39 Å². The molecule has 2 aromatic rings. The van der Waals surface area contributed by atoms with Crippen LogP contribution in [0.25, 0.3) is 5.57 Å². The predicted octanol–water partition coefficient (Wildman–Crippen LogP) is 4.81. The molecule has 1 aliphatic heterocycles. The Morgan fingerprint density at radius 1 is 1.07 bits per heavy atom. The first-order valence-corrected chi connectivity index (χ1v) is 8.80. The summed E-state index contributed by atoms with van der Waals surface area (Å²) in [5.74, 6) is 0. The van der Waals surface area contributed by atoms with E-state index in [-0.39, 0.29) is 12.1 Å². The lowest BCUT2D eigenvalue weighted by atomic mass is 9.83. The molecule has 0 atom stereocenters. The van der Waals surface area contributed by atoms with Crippen LogP contribution in [0, 0.1) is 0 Å². The summed E-state index contributed by atoms with van der Waals surface area (Å²) in [6.07, 6.45) is -2.77. The normalized spacial score (nSPS) is 19.6. The standard InChI is InChI=1S/C19H21BF4N2O2/c1-17(2)18(3,4)28-20(27-17)16(21)15(19(22,23)24)14-10-25-26(12-14)11-13-8-6-5-7-9-13/h5-10,12H,11H2,1-4H3. The molecule has 0 amide bonds. The van der Waals surface area contributed by atoms with Crippen molar-refractivity contribution in [2.24, 2.45) is 0 Å². The van der Waals surface area contributed by atoms with E-state index in [1.165, 1.54) is 10.9 Å². The molecule has 1 aliphatic rings. The Hall–Kier alpha value is -2.13. The molecule has 0 spiro atoms. The number of allylic oxidation sites excluding steroid dienone is 1. The van der Waals surface area contributed by atoms with Gasteiger partial charge in [-0.2, -0.15) is 18.3 Å². The van der Waals surface area contributed by atoms with E-state index in [1.54, 1.807) is 27.7 Å². The van der Waals surface area contributed by atoms with Crippen LogP contribution in [0.15, 0.2) is 48.5 Å². The molecular formula is C19H21BF4N2O2. The molecule has 28 heavy (non-hydrogen) atoms. The monoisotopic (exact) mass is 396 g/mol. The first-order chi connectivity index (χ1) is 12.9. The number of rotatable bonds is 4. The fraction of sp³-hybridized carbons (Fsp3) is 0.421. The van der Waals surface area contributed by atoms with E-state index in [0.29, 0.717) is 0 Å². The van der Waals surface area contributed by atoms with Gasteiger partial charge in [0.15, 0.2) is 0 Å². The Bertz CT molecular complexity index is 860. The summed E-state index contributed by atoms with van der Waals surface area (Å²) in [4.78, 5) is 0. The zero-order valence-corrected chi connectivity index (χ0v) is 16.0. The smallest absolute Gasteiger partial charge is 0.398 e. The minimum atomic E-state index is -4.94. The molecule has 0 aliphatic carbocycles. The maximum atomic E-state index is 14.9. The van der Waals surface area contributed by atoms with Gasteiger partial charge in [-0.3, -0.25) is 4.68 Å². The fourth-order valence-electron chi connectivity index (χ4n) is 2.85. The van der Waals surface area contributed by atoms with Crippen LogP contribution in [0.4, 0.5) is 17.6 Å². The molecule has 9 heteroatoms. The minimum absolute atomic E-state index is 0.268. The van der Waals surface area contributed by atoms with Crippen LogP contribution >= 0.6 is 0 Å². The maximum Gasteiger partial charge on any atom is 0.525 e. The molecule has 1 saturated heterocycles. The highest BCUT2D eigenvalue weighted by Crippen LogP contribution is 2.43. The second-order valence-electron chi connectivity index (χ2n) is 7.72. The molecule has 1 fully saturated rings. The van der Waals surface area contributed by atoms with Gasteiger partial charge in [-0.1, -0.05) is 30.3 Å². The lowest BCUT2D eigenvalue weighted by molar-refractivity contribution is -0.0699. The van der Waals surface area contributed by atoms with E-state index in [2.05, 4.69) is 5.10 Å². The quantitative estimate of drug-likeness (QED) is 0.550. The van der Waals surface area contributed by atoms with E-state index in [9.17, 15) is 17.6 Å². The molecule has 2 heterocycles. The van der Waals surface area contributed by atoms with Gasteiger partial charge in [0.25, 0.3) is 0 Å². The molecular weight excluding hydrogens is 375 g/mol. The zero-order valence-electron chi connectivity index (χ0n) is 16.0. The number of benzene rings is 1. The van der Waals surface area contributed by atoms with E-state index in [4.69, 9.17) is 9.31 Å². The molecule has 3 rings (SSSR count). The van der Waals surface area contributed by atoms with Gasteiger partial charge in [0.05, 0.1) is 29.5 Å². The largest absolute Gasteiger partial charge is 0.525 e. The Kier molecular flexibility index (Phi) is 5.18. The fourth-order valence-corrected chi connectivity index (χ4v) is 2.85. The summed E-state index contributed by atoms with van der Waals surface area (Å²) in [7, 11) is -1.74. The molecule has 0 bridgehead atoms. The molecule has 0 saturated carbocycles. The van der Waals surface area contributed by atoms with Gasteiger partial charge < -0.3 is 9.31 Å². The zero-order chi connectivity index (χ0) is 20.7. The molecule has 0 N–H and O–H groups in total. The lowest BCUT2D eigenvalue weighted by Crippen LogP contribution is -2.41. The molecule has 1 aromatic heterocycles. The van der Waals surface area contributed by atoms with Gasteiger partial charge in [-0.15, -0.1) is 0 Å². The number of hydrogen-bond acceptors (Lipinski definition) is 3. The second kappa shape index (κ2) is 7.04. The summed E-state index contributed by atoms with van der Waals surface area (Å²) >= 11 is 0. The Morgan fingerprint density at radius 3 is 2.18 bits per heavy atom. The third-order valence-corrected chi connectivity index (χ3v) is 5.09. The molecule has 0 radical (unpaired) electrons. The number of hydrogen-bond donors (Lipinski definition) is 0. The third kappa shape index (κ3) is 4.00. The number of halogens is 4. The lowest BCUT2D eigenvalue weighted by Gasteiger charge is -2.32. The van der Waals surface area contributed by atoms with Gasteiger partial charge in [0.2, 0.25) is 0 Å². The first-order valence-electron chi connectivity index (χ1n) is 8.80. The number of alkyl halides is 3. The van der Waals surface area contributed by atoms with Gasteiger partial charge in [0, 0.05) is 11.8 Å². The van der Waals surface area contributed by atoms with Crippen molar-refractivity contribution in [3.8, 4) is 0 Å². The van der Waals surface area contributed by atoms with Crippen molar-refractivity contribution in [2.45, 2.75) is 51.6 Å². The molecule has 4 nitrogen and oxygen atoms in total. The molecule has 150 valence electrons. The van der Waals surface area contributed by atoms with Crippen molar-refractivity contribution in [1.82, 2.24) is 9.78 Å². The first kappa shape index (κ1) is 20.6. The van der Waals surface area contributed by atoms with Crippen molar-refractivity contribution in [1.29, 1.82) is 0 Å². The summed E-state index contributed by atoms with van der Waals surface area (Å²) in [6.45, 7) is 6.85. The van der Waals surface area contributed by atoms with Gasteiger partial charge >= 0.3 is 13.3 Å². The average molecular weight is 396 g/mol. The molecule has 0 unspecified atom stereocenters. The second-order valence-corrected chi connectivity index (χ2v) is 7.72. The van der Waals surface area contributed by atoms with Crippen LogP contribution in [0.1, 0.15) is 38.8 Å². The highest BCUT2D eigenvalue weighted by molar-refractivity contribution is 6.55. The van der Waals surface area contributed by atoms with Crippen molar-refractivity contribution >= 4 is 12.7 Å². The third-order valence-electron chi connectivity index (χ3n) is 5.09. The molecule has 1 aromatic carbocycles. The van der Waals surface area contributed by atoms with E-state index >= 15 is 0 Å². The predicted molar refractivity (Wildman–Crippen MR) is 97.9 cm³/mol. The van der Waals surface area contributed by atoms with Crippen LogP contribution in [0.2, 0.25) is 0 Å². The summed E-state index contributed by atoms with van der Waals surface area (Å²) in [6, 6.07) is 9.12. The topological polar surface area (TPSA) is 36.3 Å². The highest BCUT2D eigenvalue weighted by Gasteiger charge is 2.55. The Morgan fingerprint density at radius 2 is 1.64 bits per heavy atom. The van der Waals surface area contributed by atoms with E-state index < -0.39 is 35.8 Å². The van der Waals surface area contributed by atoms with Crippen molar-refractivity contribution < 1.29 is 26.9 Å². The Balaban J connectivity index is 1.95. The van der Waals surface area contributed by atoms with Crippen LogP contribution in [-0.4, -0.2) is 34.3 Å². The SMILES string of the molecule is CC1(C)OB(C(F)=C(c2cnn(Cc3ccccc3)c2)C(F)(F)F)OC1(C)C. The summed E-state index contributed by atoms with van der Waals surface area (Å²) < 4.78 is 68.2. The maximum absolute atomic E-state index is 14.9. The van der Waals surface area contributed by atoms with E-state index in [1.807, 2.05) is 30.3 Å². The minimum Gasteiger partial charge on any atom is -0.398 e. The van der Waals surface area contributed by atoms with Crippen molar-refractivity contribution in [3.63, 3.8) is 0 Å². The highest BCUT2D eigenvalue weighted by atomic mass is 19.4. The number of aromatic nitrogens is 2. The van der Waals surface area contributed by atoms with Gasteiger partial charge in [0.1, 0.15) is 5.73 Å². The number of nitrogens with zero attached hydrogens (tertiary/aromatic N) is 2. The van der Waals surface area contributed by atoms with E-state index in [0.717, 1.165) is 11.8 Å².